The summed E-state index contributed by atoms with van der Waals surface area (Å²) in [6.45, 7) is 3.39. The van der Waals surface area contributed by atoms with Gasteiger partial charge >= 0.3 is 0 Å². The predicted octanol–water partition coefficient (Wildman–Crippen LogP) is 2.28. The number of ether oxygens (including phenoxy) is 2. The minimum atomic E-state index is -0.699. The normalized spacial score (nSPS) is 19.3. The van der Waals surface area contributed by atoms with Crippen molar-refractivity contribution in [2.75, 3.05) is 20.3 Å². The summed E-state index contributed by atoms with van der Waals surface area (Å²) >= 11 is 0. The van der Waals surface area contributed by atoms with Gasteiger partial charge in [0, 0.05) is 25.5 Å². The first kappa shape index (κ1) is 19.4. The van der Waals surface area contributed by atoms with Crippen molar-refractivity contribution < 1.29 is 19.4 Å². The van der Waals surface area contributed by atoms with Crippen LogP contribution in [0.25, 0.3) is 11.0 Å². The zero-order chi connectivity index (χ0) is 20.4. The van der Waals surface area contributed by atoms with E-state index in [2.05, 4.69) is 14.9 Å². The smallest absolute Gasteiger partial charge is 0.255 e. The Balaban J connectivity index is 1.66. The molecule has 0 aliphatic carbocycles. The van der Waals surface area contributed by atoms with E-state index in [0.29, 0.717) is 30.7 Å². The zero-order valence-corrected chi connectivity index (χ0v) is 16.6. The predicted molar refractivity (Wildman–Crippen MR) is 109 cm³/mol. The summed E-state index contributed by atoms with van der Waals surface area (Å²) < 4.78 is 12.5. The van der Waals surface area contributed by atoms with E-state index in [1.807, 2.05) is 43.5 Å². The van der Waals surface area contributed by atoms with Crippen molar-refractivity contribution in [1.29, 1.82) is 0 Å². The minimum Gasteiger partial charge on any atom is -0.497 e. The number of hydrogen-bond acceptors (Lipinski definition) is 5. The van der Waals surface area contributed by atoms with Crippen LogP contribution >= 0.6 is 0 Å². The van der Waals surface area contributed by atoms with Gasteiger partial charge in [-0.3, -0.25) is 9.78 Å². The maximum Gasteiger partial charge on any atom is 0.255 e. The average molecular weight is 395 g/mol. The van der Waals surface area contributed by atoms with E-state index in [9.17, 15) is 9.90 Å². The number of hydrogen-bond donors (Lipinski definition) is 2. The van der Waals surface area contributed by atoms with Gasteiger partial charge in [0.05, 0.1) is 36.9 Å². The molecule has 29 heavy (non-hydrogen) atoms. The highest BCUT2D eigenvalue weighted by Crippen LogP contribution is 2.24. The van der Waals surface area contributed by atoms with E-state index >= 15 is 0 Å². The number of amides is 1. The monoisotopic (exact) mass is 395 g/mol. The molecule has 2 aromatic heterocycles. The van der Waals surface area contributed by atoms with Crippen LogP contribution in [0.5, 0.6) is 5.75 Å². The maximum atomic E-state index is 13.0. The van der Waals surface area contributed by atoms with Crippen molar-refractivity contribution in [1.82, 2.24) is 14.9 Å². The fraction of sp³-hybridized carbons (Fsp3) is 0.364. The van der Waals surface area contributed by atoms with Crippen LogP contribution in [0.15, 0.2) is 42.7 Å². The molecule has 7 nitrogen and oxygen atoms in total. The highest BCUT2D eigenvalue weighted by molar-refractivity contribution is 6.06. The number of rotatable bonds is 5. The Kier molecular flexibility index (Phi) is 5.51. The van der Waals surface area contributed by atoms with E-state index in [1.165, 1.54) is 0 Å². The molecule has 1 amide bonds. The highest BCUT2D eigenvalue weighted by atomic mass is 16.5. The van der Waals surface area contributed by atoms with Gasteiger partial charge in [-0.05, 0) is 42.7 Å². The third-order valence-electron chi connectivity index (χ3n) is 5.35. The van der Waals surface area contributed by atoms with Gasteiger partial charge in [0.2, 0.25) is 0 Å². The number of benzene rings is 1. The Bertz CT molecular complexity index is 1010. The van der Waals surface area contributed by atoms with Gasteiger partial charge in [-0.15, -0.1) is 0 Å². The van der Waals surface area contributed by atoms with Crippen LogP contribution in [0.1, 0.15) is 27.9 Å². The van der Waals surface area contributed by atoms with Crippen molar-refractivity contribution in [3.8, 4) is 5.75 Å². The van der Waals surface area contributed by atoms with Crippen LogP contribution in [0, 0.1) is 6.92 Å². The van der Waals surface area contributed by atoms with Crippen LogP contribution in [-0.2, 0) is 11.3 Å². The number of aryl methyl sites for hydroxylation is 1. The number of carbonyl (C=O) groups excluding carboxylic acids is 1. The van der Waals surface area contributed by atoms with E-state index < -0.39 is 6.10 Å². The van der Waals surface area contributed by atoms with Gasteiger partial charge in [0.25, 0.3) is 5.91 Å². The van der Waals surface area contributed by atoms with Gasteiger partial charge < -0.3 is 24.5 Å². The Morgan fingerprint density at radius 1 is 1.34 bits per heavy atom. The first-order valence-corrected chi connectivity index (χ1v) is 9.71. The summed E-state index contributed by atoms with van der Waals surface area (Å²) in [5.74, 6) is 0.576. The molecule has 0 bridgehead atoms. The Morgan fingerprint density at radius 3 is 2.86 bits per heavy atom. The lowest BCUT2D eigenvalue weighted by Crippen LogP contribution is -2.48. The van der Waals surface area contributed by atoms with E-state index in [1.54, 1.807) is 13.3 Å². The molecule has 1 aliphatic rings. The van der Waals surface area contributed by atoms with Crippen molar-refractivity contribution in [2.45, 2.75) is 32.0 Å². The number of nitrogens with zero attached hydrogens (tertiary/aromatic N) is 2. The molecular formula is C22H25N3O4. The van der Waals surface area contributed by atoms with Crippen LogP contribution < -0.4 is 10.1 Å². The molecule has 1 aromatic carbocycles. The minimum absolute atomic E-state index is 0.229. The van der Waals surface area contributed by atoms with Gasteiger partial charge in [0.1, 0.15) is 11.3 Å². The van der Waals surface area contributed by atoms with Gasteiger partial charge in [-0.2, -0.15) is 0 Å². The van der Waals surface area contributed by atoms with Crippen molar-refractivity contribution in [3.05, 3.63) is 59.4 Å². The number of pyridine rings is 1. The quantitative estimate of drug-likeness (QED) is 0.692. The molecular weight excluding hydrogens is 370 g/mol. The number of carbonyl (C=O) groups is 1. The summed E-state index contributed by atoms with van der Waals surface area (Å²) in [5.41, 5.74) is 4.25. The lowest BCUT2D eigenvalue weighted by molar-refractivity contribution is -0.0260. The molecule has 3 heterocycles. The Labute approximate surface area is 169 Å². The van der Waals surface area contributed by atoms with Crippen molar-refractivity contribution in [3.63, 3.8) is 0 Å². The fourth-order valence-electron chi connectivity index (χ4n) is 3.75. The zero-order valence-electron chi connectivity index (χ0n) is 16.6. The summed E-state index contributed by atoms with van der Waals surface area (Å²) in [5, 5.41) is 13.0. The van der Waals surface area contributed by atoms with Crippen LogP contribution in [0.3, 0.4) is 0 Å². The molecule has 1 fully saturated rings. The van der Waals surface area contributed by atoms with Crippen LogP contribution in [-0.4, -0.2) is 53.0 Å². The molecule has 0 spiro atoms. The molecule has 1 saturated heterocycles. The lowest BCUT2D eigenvalue weighted by atomic mass is 10.1. The number of nitrogens with one attached hydrogen (secondary N) is 1. The largest absolute Gasteiger partial charge is 0.497 e. The topological polar surface area (TPSA) is 85.6 Å². The van der Waals surface area contributed by atoms with Gasteiger partial charge in [-0.1, -0.05) is 12.1 Å². The average Bonchev–Trinajstić information content (AvgIpc) is 3.10. The third kappa shape index (κ3) is 3.97. The first-order valence-electron chi connectivity index (χ1n) is 9.71. The third-order valence-corrected chi connectivity index (χ3v) is 5.35. The number of fused-ring (bicyclic) bond motifs is 1. The molecule has 7 heteroatoms. The summed E-state index contributed by atoms with van der Waals surface area (Å²) in [7, 11) is 1.64. The molecule has 2 N–H and O–H groups in total. The van der Waals surface area contributed by atoms with E-state index in [-0.39, 0.29) is 18.6 Å². The molecule has 152 valence electrons. The van der Waals surface area contributed by atoms with Gasteiger partial charge in [-0.25, -0.2) is 0 Å². The number of aliphatic hydroxyl groups excluding tert-OH is 1. The molecule has 2 unspecified atom stereocenters. The summed E-state index contributed by atoms with van der Waals surface area (Å²) in [4.78, 5) is 17.5. The van der Waals surface area contributed by atoms with Crippen molar-refractivity contribution >= 4 is 16.9 Å². The SMILES string of the molecule is COc1ccc(Cn2cc(C(=O)NC3CCOCC3O)c3nccc(C)c32)cc1. The Hall–Kier alpha value is -2.90. The standard InChI is InChI=1S/C22H25N3O4/c1-14-7-9-23-20-17(22(27)24-18-8-10-29-13-19(18)26)12-25(21(14)20)11-15-3-5-16(28-2)6-4-15/h3-7,9,12,18-19,26H,8,10-11,13H2,1-2H3,(H,24,27). The molecule has 0 saturated carbocycles. The van der Waals surface area contributed by atoms with Crippen molar-refractivity contribution in [2.24, 2.45) is 0 Å². The van der Waals surface area contributed by atoms with Crippen LogP contribution in [0.2, 0.25) is 0 Å². The summed E-state index contributed by atoms with van der Waals surface area (Å²) in [6.07, 6.45) is 3.45. The lowest BCUT2D eigenvalue weighted by Gasteiger charge is -2.28. The second-order valence-electron chi connectivity index (χ2n) is 7.35. The summed E-state index contributed by atoms with van der Waals surface area (Å²) in [6, 6.07) is 9.49. The second-order valence-corrected chi connectivity index (χ2v) is 7.35. The first-order chi connectivity index (χ1) is 14.1. The van der Waals surface area contributed by atoms with E-state index in [0.717, 1.165) is 22.4 Å². The molecule has 3 aromatic rings. The second kappa shape index (κ2) is 8.23. The molecule has 0 radical (unpaired) electrons. The van der Waals surface area contributed by atoms with E-state index in [4.69, 9.17) is 9.47 Å². The number of aliphatic hydroxyl groups is 1. The number of aromatic nitrogens is 2. The molecule has 2 atom stereocenters. The number of methoxy groups -OCH3 is 1. The van der Waals surface area contributed by atoms with Gasteiger partial charge in [0.15, 0.2) is 0 Å². The maximum absolute atomic E-state index is 13.0. The van der Waals surface area contributed by atoms with Crippen LogP contribution in [0.4, 0.5) is 0 Å². The molecule has 1 aliphatic heterocycles. The Morgan fingerprint density at radius 2 is 2.14 bits per heavy atom. The highest BCUT2D eigenvalue weighted by Gasteiger charge is 2.27. The molecule has 4 rings (SSSR count). The fourth-order valence-corrected chi connectivity index (χ4v) is 3.75.